The zero-order chi connectivity index (χ0) is 9.31. The van der Waals surface area contributed by atoms with Gasteiger partial charge in [-0.3, -0.25) is 9.97 Å². The lowest BCUT2D eigenvalue weighted by Gasteiger charge is -2.16. The fraction of sp³-hybridized carbons (Fsp3) is 0.333. The maximum atomic E-state index is 3.04. The predicted molar refractivity (Wildman–Crippen MR) is 46.7 cm³/mol. The molecule has 0 unspecified atom stereocenters. The molecule has 2 rings (SSSR count). The Morgan fingerprint density at radius 3 is 1.69 bits per heavy atom. The molecule has 0 fully saturated rings. The highest BCUT2D eigenvalue weighted by molar-refractivity contribution is 4.62. The molecule has 0 bridgehead atoms. The molecule has 0 radical (unpaired) electrons. The maximum absolute atomic E-state index is 3.04. The Labute approximate surface area is 76.9 Å². The van der Waals surface area contributed by atoms with Gasteiger partial charge in [0.2, 0.25) is 18.3 Å². The van der Waals surface area contributed by atoms with E-state index >= 15 is 0 Å². The highest BCUT2D eigenvalue weighted by Gasteiger charge is 2.31. The average molecular weight is 178 g/mol. The quantitative estimate of drug-likeness (QED) is 0.615. The van der Waals surface area contributed by atoms with E-state index in [4.69, 9.17) is 0 Å². The van der Waals surface area contributed by atoms with Gasteiger partial charge in [0, 0.05) is 13.8 Å². The first-order valence-corrected chi connectivity index (χ1v) is 4.30. The number of nitrogens with zero attached hydrogens (tertiary/aromatic N) is 2. The largest absolute Gasteiger partial charge is 0.250 e. The Balaban J connectivity index is 2.42. The molecule has 0 aromatic carbocycles. The van der Waals surface area contributed by atoms with Crippen LogP contribution < -0.4 is 9.13 Å². The first kappa shape index (κ1) is 8.04. The number of hydrogen-bond acceptors (Lipinski definition) is 0. The van der Waals surface area contributed by atoms with Crippen LogP contribution in [-0.4, -0.2) is 9.97 Å². The number of imidazole rings is 2. The van der Waals surface area contributed by atoms with E-state index in [1.165, 1.54) is 0 Å². The third-order valence-corrected chi connectivity index (χ3v) is 2.35. The van der Waals surface area contributed by atoms with Gasteiger partial charge >= 0.3 is 0 Å². The van der Waals surface area contributed by atoms with E-state index in [1.807, 2.05) is 37.4 Å². The number of hydrogen-bond donors (Lipinski definition) is 2. The summed E-state index contributed by atoms with van der Waals surface area (Å²) in [7, 11) is 0. The molecule has 0 amide bonds. The summed E-state index contributed by atoms with van der Waals surface area (Å²) < 4.78 is 4.22. The van der Waals surface area contributed by atoms with Crippen molar-refractivity contribution in [3.05, 3.63) is 37.4 Å². The molecule has 4 heteroatoms. The minimum Gasteiger partial charge on any atom is -0.250 e. The number of rotatable bonds is 2. The Kier molecular flexibility index (Phi) is 1.69. The molecule has 13 heavy (non-hydrogen) atoms. The number of aromatic amines is 2. The van der Waals surface area contributed by atoms with Crippen molar-refractivity contribution in [3.8, 4) is 0 Å². The van der Waals surface area contributed by atoms with Crippen LogP contribution in [0.4, 0.5) is 0 Å². The summed E-state index contributed by atoms with van der Waals surface area (Å²) >= 11 is 0. The second-order valence-electron chi connectivity index (χ2n) is 3.53. The third kappa shape index (κ3) is 1.24. The molecule has 4 nitrogen and oxygen atoms in total. The molecule has 2 aromatic heterocycles. The van der Waals surface area contributed by atoms with Crippen LogP contribution in [0.5, 0.6) is 0 Å². The van der Waals surface area contributed by atoms with Crippen LogP contribution in [0.25, 0.3) is 0 Å². The fourth-order valence-electron chi connectivity index (χ4n) is 1.39. The third-order valence-electron chi connectivity index (χ3n) is 2.35. The van der Waals surface area contributed by atoms with Gasteiger partial charge in [-0.1, -0.05) is 0 Å². The van der Waals surface area contributed by atoms with Gasteiger partial charge in [-0.25, -0.2) is 0 Å². The van der Waals surface area contributed by atoms with Gasteiger partial charge in [-0.15, -0.1) is 0 Å². The molecule has 0 saturated carbocycles. The van der Waals surface area contributed by atoms with Crippen molar-refractivity contribution < 1.29 is 9.13 Å². The molecule has 0 aliphatic carbocycles. The minimum absolute atomic E-state index is 0.0833. The minimum atomic E-state index is -0.0833. The van der Waals surface area contributed by atoms with Crippen molar-refractivity contribution in [1.29, 1.82) is 0 Å². The van der Waals surface area contributed by atoms with Crippen LogP contribution in [0.2, 0.25) is 0 Å². The summed E-state index contributed by atoms with van der Waals surface area (Å²) in [6, 6.07) is 0. The van der Waals surface area contributed by atoms with Crippen LogP contribution in [0.1, 0.15) is 13.8 Å². The van der Waals surface area contributed by atoms with Crippen molar-refractivity contribution >= 4 is 0 Å². The van der Waals surface area contributed by atoms with Crippen molar-refractivity contribution in [1.82, 2.24) is 9.97 Å². The van der Waals surface area contributed by atoms with Gasteiger partial charge in [-0.05, 0) is 0 Å². The first-order chi connectivity index (χ1) is 6.21. The second kappa shape index (κ2) is 2.73. The van der Waals surface area contributed by atoms with Crippen LogP contribution in [0.15, 0.2) is 37.4 Å². The lowest BCUT2D eigenvalue weighted by molar-refractivity contribution is -0.986. The average Bonchev–Trinajstić information content (AvgIpc) is 2.78. The molecule has 0 saturated heterocycles. The summed E-state index contributed by atoms with van der Waals surface area (Å²) in [5.74, 6) is 0. The molecular weight excluding hydrogens is 164 g/mol. The Hall–Kier alpha value is -1.58. The van der Waals surface area contributed by atoms with E-state index < -0.39 is 0 Å². The highest BCUT2D eigenvalue weighted by atomic mass is 15.3. The maximum Gasteiger partial charge on any atom is 0.246 e. The van der Waals surface area contributed by atoms with E-state index in [9.17, 15) is 0 Å². The van der Waals surface area contributed by atoms with Crippen LogP contribution in [-0.2, 0) is 5.66 Å². The summed E-state index contributed by atoms with van der Waals surface area (Å²) in [4.78, 5) is 6.07. The lowest BCUT2D eigenvalue weighted by atomic mass is 10.2. The first-order valence-electron chi connectivity index (χ1n) is 4.30. The standard InChI is InChI=1S/C9H12N4/c1-9(2,12-5-3-10-7-12)13-6-4-11-8-13/h3-8H,1-2H3/p+2. The van der Waals surface area contributed by atoms with Crippen molar-refractivity contribution in [2.24, 2.45) is 0 Å². The van der Waals surface area contributed by atoms with Gasteiger partial charge in [0.15, 0.2) is 0 Å². The Morgan fingerprint density at radius 1 is 0.923 bits per heavy atom. The van der Waals surface area contributed by atoms with E-state index in [2.05, 4.69) is 32.9 Å². The zero-order valence-corrected chi connectivity index (χ0v) is 7.86. The molecular formula is C9H14N4+2. The zero-order valence-electron chi connectivity index (χ0n) is 7.86. The molecule has 0 aliphatic heterocycles. The van der Waals surface area contributed by atoms with E-state index in [0.717, 1.165) is 0 Å². The number of nitrogens with one attached hydrogen (secondary N) is 2. The van der Waals surface area contributed by atoms with Gasteiger partial charge in [0.1, 0.15) is 24.8 Å². The SMILES string of the molecule is CC(C)([n+]1cc[nH]c1)[n+]1cc[nH]c1. The highest BCUT2D eigenvalue weighted by Crippen LogP contribution is 1.98. The number of aromatic nitrogens is 4. The topological polar surface area (TPSA) is 39.3 Å². The molecule has 0 atom stereocenters. The van der Waals surface area contributed by atoms with Crippen molar-refractivity contribution in [3.63, 3.8) is 0 Å². The fourth-order valence-corrected chi connectivity index (χ4v) is 1.39. The van der Waals surface area contributed by atoms with Crippen LogP contribution in [0, 0.1) is 0 Å². The van der Waals surface area contributed by atoms with Crippen molar-refractivity contribution in [2.45, 2.75) is 19.5 Å². The summed E-state index contributed by atoms with van der Waals surface area (Å²) in [5, 5.41) is 0. The lowest BCUT2D eigenvalue weighted by Crippen LogP contribution is -2.68. The predicted octanol–water partition coefficient (Wildman–Crippen LogP) is 0.159. The van der Waals surface area contributed by atoms with Crippen LogP contribution in [0.3, 0.4) is 0 Å². The summed E-state index contributed by atoms with van der Waals surface area (Å²) in [6.07, 6.45) is 11.7. The van der Waals surface area contributed by atoms with Gasteiger partial charge < -0.3 is 0 Å². The second-order valence-corrected chi connectivity index (χ2v) is 3.53. The van der Waals surface area contributed by atoms with Crippen molar-refractivity contribution in [2.75, 3.05) is 0 Å². The molecule has 0 aliphatic rings. The molecule has 2 heterocycles. The summed E-state index contributed by atoms with van der Waals surface area (Å²) in [5.41, 5.74) is -0.0833. The summed E-state index contributed by atoms with van der Waals surface area (Å²) in [6.45, 7) is 4.30. The van der Waals surface area contributed by atoms with Gasteiger partial charge in [0.25, 0.3) is 0 Å². The Bertz CT molecular complexity index is 322. The van der Waals surface area contributed by atoms with E-state index in [0.29, 0.717) is 0 Å². The normalized spacial score (nSPS) is 11.8. The molecule has 2 N–H and O–H groups in total. The van der Waals surface area contributed by atoms with Gasteiger partial charge in [0.05, 0.1) is 0 Å². The smallest absolute Gasteiger partial charge is 0.246 e. The molecule has 2 aromatic rings. The van der Waals surface area contributed by atoms with E-state index in [1.54, 1.807) is 0 Å². The van der Waals surface area contributed by atoms with Crippen LogP contribution >= 0.6 is 0 Å². The monoisotopic (exact) mass is 178 g/mol. The Morgan fingerprint density at radius 2 is 1.38 bits per heavy atom. The number of H-pyrrole nitrogens is 2. The van der Waals surface area contributed by atoms with Gasteiger partial charge in [-0.2, -0.15) is 9.13 Å². The van der Waals surface area contributed by atoms with E-state index in [-0.39, 0.29) is 5.66 Å². The molecule has 68 valence electrons. The molecule has 0 spiro atoms.